The van der Waals surface area contributed by atoms with Crippen LogP contribution in [0, 0.1) is 0 Å². The predicted molar refractivity (Wildman–Crippen MR) is 85.0 cm³/mol. The van der Waals surface area contributed by atoms with E-state index in [0.717, 1.165) is 11.1 Å². The van der Waals surface area contributed by atoms with Crippen LogP contribution in [0.4, 0.5) is 0 Å². The molecule has 4 aromatic heterocycles. The summed E-state index contributed by atoms with van der Waals surface area (Å²) >= 11 is 1.44. The molecule has 5 nitrogen and oxygen atoms in total. The standard InChI is InChI=1S/C16H11N3O2S/c20-15-14-11(12-4-2-6-21-12)9-22-16(14)19-13(18-15)7-10-3-1-5-17-8-10/h1-6,8-9H,7H2,(H,18,19,20). The van der Waals surface area contributed by atoms with Gasteiger partial charge in [-0.1, -0.05) is 6.07 Å². The number of rotatable bonds is 3. The maximum Gasteiger partial charge on any atom is 0.260 e. The van der Waals surface area contributed by atoms with Gasteiger partial charge in [-0.2, -0.15) is 0 Å². The highest BCUT2D eigenvalue weighted by Crippen LogP contribution is 2.30. The maximum atomic E-state index is 12.4. The number of pyridine rings is 1. The SMILES string of the molecule is O=c1[nH]c(Cc2cccnc2)nc2scc(-c3ccco3)c12. The van der Waals surface area contributed by atoms with E-state index >= 15 is 0 Å². The van der Waals surface area contributed by atoms with Crippen LogP contribution in [0.25, 0.3) is 21.5 Å². The minimum Gasteiger partial charge on any atom is -0.464 e. The monoisotopic (exact) mass is 309 g/mol. The summed E-state index contributed by atoms with van der Waals surface area (Å²) < 4.78 is 5.38. The molecule has 0 atom stereocenters. The van der Waals surface area contributed by atoms with Crippen molar-refractivity contribution in [3.8, 4) is 11.3 Å². The van der Waals surface area contributed by atoms with Crippen molar-refractivity contribution in [3.63, 3.8) is 0 Å². The molecule has 0 bridgehead atoms. The zero-order valence-corrected chi connectivity index (χ0v) is 12.3. The van der Waals surface area contributed by atoms with Crippen LogP contribution in [-0.2, 0) is 6.42 Å². The first-order valence-corrected chi connectivity index (χ1v) is 7.62. The molecule has 0 radical (unpaired) electrons. The Morgan fingerprint density at radius 2 is 2.23 bits per heavy atom. The summed E-state index contributed by atoms with van der Waals surface area (Å²) in [5.41, 5.74) is 1.65. The van der Waals surface area contributed by atoms with Crippen molar-refractivity contribution in [2.75, 3.05) is 0 Å². The summed E-state index contributed by atoms with van der Waals surface area (Å²) in [4.78, 5) is 24.6. The van der Waals surface area contributed by atoms with Gasteiger partial charge in [0.15, 0.2) is 0 Å². The first-order valence-electron chi connectivity index (χ1n) is 6.74. The molecular weight excluding hydrogens is 298 g/mol. The fourth-order valence-electron chi connectivity index (χ4n) is 2.39. The van der Waals surface area contributed by atoms with Crippen LogP contribution in [0.15, 0.2) is 57.5 Å². The van der Waals surface area contributed by atoms with Crippen molar-refractivity contribution in [2.24, 2.45) is 0 Å². The van der Waals surface area contributed by atoms with Crippen LogP contribution in [0.1, 0.15) is 11.4 Å². The van der Waals surface area contributed by atoms with E-state index in [1.165, 1.54) is 11.3 Å². The van der Waals surface area contributed by atoms with Crippen molar-refractivity contribution in [1.82, 2.24) is 15.0 Å². The molecule has 0 fully saturated rings. The Morgan fingerprint density at radius 1 is 1.27 bits per heavy atom. The molecule has 108 valence electrons. The van der Waals surface area contributed by atoms with Crippen molar-refractivity contribution in [2.45, 2.75) is 6.42 Å². The third-order valence-electron chi connectivity index (χ3n) is 3.37. The van der Waals surface area contributed by atoms with Crippen LogP contribution in [-0.4, -0.2) is 15.0 Å². The van der Waals surface area contributed by atoms with Crippen LogP contribution in [0.3, 0.4) is 0 Å². The average molecular weight is 309 g/mol. The van der Waals surface area contributed by atoms with Crippen LogP contribution >= 0.6 is 11.3 Å². The number of fused-ring (bicyclic) bond motifs is 1. The molecule has 1 N–H and O–H groups in total. The normalized spacial score (nSPS) is 11.1. The van der Waals surface area contributed by atoms with E-state index in [0.29, 0.717) is 28.2 Å². The summed E-state index contributed by atoms with van der Waals surface area (Å²) in [6, 6.07) is 7.47. The van der Waals surface area contributed by atoms with E-state index in [4.69, 9.17) is 4.42 Å². The van der Waals surface area contributed by atoms with Gasteiger partial charge in [0.2, 0.25) is 0 Å². The number of aromatic nitrogens is 3. The van der Waals surface area contributed by atoms with Gasteiger partial charge in [-0.05, 0) is 23.8 Å². The number of thiophene rings is 1. The molecule has 4 rings (SSSR count). The lowest BCUT2D eigenvalue weighted by atomic mass is 10.2. The Labute approximate surface area is 129 Å². The summed E-state index contributed by atoms with van der Waals surface area (Å²) in [6.07, 6.45) is 5.63. The maximum absolute atomic E-state index is 12.4. The molecule has 0 aromatic carbocycles. The fraction of sp³-hybridized carbons (Fsp3) is 0.0625. The lowest BCUT2D eigenvalue weighted by Crippen LogP contribution is -2.11. The third-order valence-corrected chi connectivity index (χ3v) is 4.25. The van der Waals surface area contributed by atoms with Crippen molar-refractivity contribution >= 4 is 21.6 Å². The van der Waals surface area contributed by atoms with E-state index in [2.05, 4.69) is 15.0 Å². The molecule has 0 spiro atoms. The largest absolute Gasteiger partial charge is 0.464 e. The van der Waals surface area contributed by atoms with Crippen molar-refractivity contribution in [3.05, 3.63) is 70.0 Å². The minimum absolute atomic E-state index is 0.142. The quantitative estimate of drug-likeness (QED) is 0.630. The van der Waals surface area contributed by atoms with Gasteiger partial charge in [0.1, 0.15) is 16.4 Å². The lowest BCUT2D eigenvalue weighted by Gasteiger charge is -2.01. The molecule has 0 saturated carbocycles. The Bertz CT molecular complexity index is 972. The zero-order valence-electron chi connectivity index (χ0n) is 11.4. The summed E-state index contributed by atoms with van der Waals surface area (Å²) in [5.74, 6) is 1.32. The van der Waals surface area contributed by atoms with E-state index in [1.807, 2.05) is 23.6 Å². The van der Waals surface area contributed by atoms with Gasteiger partial charge >= 0.3 is 0 Å². The smallest absolute Gasteiger partial charge is 0.260 e. The number of aromatic amines is 1. The van der Waals surface area contributed by atoms with Crippen LogP contribution in [0.5, 0.6) is 0 Å². The highest BCUT2D eigenvalue weighted by Gasteiger charge is 2.14. The predicted octanol–water partition coefficient (Wildman–Crippen LogP) is 3.23. The molecule has 0 unspecified atom stereocenters. The molecule has 0 aliphatic heterocycles. The van der Waals surface area contributed by atoms with Gasteiger partial charge in [-0.3, -0.25) is 9.78 Å². The second-order valence-electron chi connectivity index (χ2n) is 4.86. The molecule has 6 heteroatoms. The van der Waals surface area contributed by atoms with E-state index in [-0.39, 0.29) is 5.56 Å². The molecule has 4 aromatic rings. The molecular formula is C16H11N3O2S. The molecule has 0 aliphatic rings. The molecule has 0 amide bonds. The highest BCUT2D eigenvalue weighted by atomic mass is 32.1. The minimum atomic E-state index is -0.142. The number of hydrogen-bond donors (Lipinski definition) is 1. The lowest BCUT2D eigenvalue weighted by molar-refractivity contribution is 0.583. The van der Waals surface area contributed by atoms with Crippen LogP contribution in [0.2, 0.25) is 0 Å². The van der Waals surface area contributed by atoms with Gasteiger partial charge in [-0.25, -0.2) is 4.98 Å². The summed E-state index contributed by atoms with van der Waals surface area (Å²) in [5, 5.41) is 2.48. The Kier molecular flexibility index (Phi) is 3.08. The Balaban J connectivity index is 1.80. The summed E-state index contributed by atoms with van der Waals surface area (Å²) in [6.45, 7) is 0. The van der Waals surface area contributed by atoms with Gasteiger partial charge in [0.25, 0.3) is 5.56 Å². The van der Waals surface area contributed by atoms with E-state index in [1.54, 1.807) is 24.7 Å². The van der Waals surface area contributed by atoms with E-state index in [9.17, 15) is 4.79 Å². The Morgan fingerprint density at radius 3 is 3.00 bits per heavy atom. The van der Waals surface area contributed by atoms with Crippen molar-refractivity contribution < 1.29 is 4.42 Å². The number of nitrogens with one attached hydrogen (secondary N) is 1. The number of furan rings is 1. The second kappa shape index (κ2) is 5.23. The second-order valence-corrected chi connectivity index (χ2v) is 5.72. The van der Waals surface area contributed by atoms with Gasteiger partial charge in [0, 0.05) is 29.8 Å². The zero-order chi connectivity index (χ0) is 14.9. The topological polar surface area (TPSA) is 71.8 Å². The molecule has 22 heavy (non-hydrogen) atoms. The fourth-order valence-corrected chi connectivity index (χ4v) is 3.33. The van der Waals surface area contributed by atoms with Gasteiger partial charge < -0.3 is 9.40 Å². The molecule has 0 saturated heterocycles. The third kappa shape index (κ3) is 2.23. The average Bonchev–Trinajstić information content (AvgIpc) is 3.16. The number of hydrogen-bond acceptors (Lipinski definition) is 5. The first kappa shape index (κ1) is 13.0. The van der Waals surface area contributed by atoms with Gasteiger partial charge in [0.05, 0.1) is 11.6 Å². The first-order chi connectivity index (χ1) is 10.8. The summed E-state index contributed by atoms with van der Waals surface area (Å²) in [7, 11) is 0. The molecule has 0 aliphatic carbocycles. The Hall–Kier alpha value is -2.73. The molecule has 4 heterocycles. The van der Waals surface area contributed by atoms with Crippen molar-refractivity contribution in [1.29, 1.82) is 0 Å². The van der Waals surface area contributed by atoms with Crippen LogP contribution < -0.4 is 5.56 Å². The number of H-pyrrole nitrogens is 1. The number of nitrogens with zero attached hydrogens (tertiary/aromatic N) is 2. The van der Waals surface area contributed by atoms with Gasteiger partial charge in [-0.15, -0.1) is 11.3 Å². The van der Waals surface area contributed by atoms with E-state index < -0.39 is 0 Å². The highest BCUT2D eigenvalue weighted by molar-refractivity contribution is 7.17.